The number of aryl methyl sites for hydroxylation is 1. The molecule has 2 rings (SSSR count). The van der Waals surface area contributed by atoms with Gasteiger partial charge in [0, 0.05) is 24.8 Å². The van der Waals surface area contributed by atoms with Crippen molar-refractivity contribution < 1.29 is 4.79 Å². The molecule has 0 aliphatic carbocycles. The van der Waals surface area contributed by atoms with E-state index in [-0.39, 0.29) is 12.5 Å². The standard InChI is InChI=1S/C15H20N4O/c1-19(15(20)11-16)9-5-8-13-10-14(18-17-13)12-6-3-2-4-7-12/h2-4,6-7,10H,5,8-9,11,16H2,1H3,(H,17,18). The van der Waals surface area contributed by atoms with E-state index in [1.165, 1.54) is 0 Å². The molecule has 20 heavy (non-hydrogen) atoms. The third kappa shape index (κ3) is 3.68. The predicted molar refractivity (Wildman–Crippen MR) is 79.0 cm³/mol. The number of nitrogens with zero attached hydrogens (tertiary/aromatic N) is 2. The molecule has 0 bridgehead atoms. The van der Waals surface area contributed by atoms with Crippen molar-refractivity contribution in [2.45, 2.75) is 12.8 Å². The van der Waals surface area contributed by atoms with Gasteiger partial charge in [0.25, 0.3) is 0 Å². The number of benzene rings is 1. The number of hydrogen-bond donors (Lipinski definition) is 2. The van der Waals surface area contributed by atoms with E-state index in [9.17, 15) is 4.79 Å². The van der Waals surface area contributed by atoms with E-state index in [1.807, 2.05) is 30.3 Å². The van der Waals surface area contributed by atoms with Crippen molar-refractivity contribution in [3.05, 3.63) is 42.1 Å². The third-order valence-electron chi connectivity index (χ3n) is 3.24. The van der Waals surface area contributed by atoms with Gasteiger partial charge in [-0.2, -0.15) is 5.10 Å². The first-order valence-corrected chi connectivity index (χ1v) is 6.74. The van der Waals surface area contributed by atoms with E-state index < -0.39 is 0 Å². The molecule has 0 aliphatic rings. The van der Waals surface area contributed by atoms with Crippen LogP contribution in [0.25, 0.3) is 11.3 Å². The number of aromatic amines is 1. The second-order valence-corrected chi connectivity index (χ2v) is 4.77. The molecule has 106 valence electrons. The normalized spacial score (nSPS) is 10.5. The number of H-pyrrole nitrogens is 1. The van der Waals surface area contributed by atoms with Gasteiger partial charge < -0.3 is 10.6 Å². The average Bonchev–Trinajstić information content (AvgIpc) is 2.96. The van der Waals surface area contributed by atoms with Gasteiger partial charge >= 0.3 is 0 Å². The predicted octanol–water partition coefficient (Wildman–Crippen LogP) is 1.43. The monoisotopic (exact) mass is 272 g/mol. The summed E-state index contributed by atoms with van der Waals surface area (Å²) in [5.74, 6) is -0.0282. The van der Waals surface area contributed by atoms with Gasteiger partial charge in [0.2, 0.25) is 5.91 Å². The fourth-order valence-electron chi connectivity index (χ4n) is 2.03. The van der Waals surface area contributed by atoms with Gasteiger partial charge in [-0.3, -0.25) is 9.89 Å². The molecule has 3 N–H and O–H groups in total. The molecular formula is C15H20N4O. The topological polar surface area (TPSA) is 75.0 Å². The van der Waals surface area contributed by atoms with Crippen LogP contribution in [0.1, 0.15) is 12.1 Å². The zero-order valence-electron chi connectivity index (χ0n) is 11.7. The Kier molecular flexibility index (Phi) is 4.90. The summed E-state index contributed by atoms with van der Waals surface area (Å²) in [4.78, 5) is 13.0. The smallest absolute Gasteiger partial charge is 0.236 e. The summed E-state index contributed by atoms with van der Waals surface area (Å²) in [7, 11) is 1.78. The van der Waals surface area contributed by atoms with Crippen LogP contribution in [0.3, 0.4) is 0 Å². The first kappa shape index (κ1) is 14.3. The van der Waals surface area contributed by atoms with Crippen LogP contribution in [0, 0.1) is 0 Å². The van der Waals surface area contributed by atoms with E-state index >= 15 is 0 Å². The Bertz CT molecular complexity index is 550. The van der Waals surface area contributed by atoms with Crippen LogP contribution in [0.15, 0.2) is 36.4 Å². The molecule has 0 radical (unpaired) electrons. The Morgan fingerprint density at radius 1 is 1.35 bits per heavy atom. The highest BCUT2D eigenvalue weighted by Crippen LogP contribution is 2.17. The first-order valence-electron chi connectivity index (χ1n) is 6.74. The summed E-state index contributed by atoms with van der Waals surface area (Å²) in [6.45, 7) is 0.772. The Morgan fingerprint density at radius 3 is 2.80 bits per heavy atom. The molecule has 1 amide bonds. The lowest BCUT2D eigenvalue weighted by Crippen LogP contribution is -2.33. The number of likely N-dealkylation sites (N-methyl/N-ethyl adjacent to an activating group) is 1. The minimum Gasteiger partial charge on any atom is -0.345 e. The van der Waals surface area contributed by atoms with Gasteiger partial charge in [-0.25, -0.2) is 0 Å². The Hall–Kier alpha value is -2.14. The van der Waals surface area contributed by atoms with Crippen LogP contribution in [0.5, 0.6) is 0 Å². The van der Waals surface area contributed by atoms with Crippen molar-refractivity contribution in [3.63, 3.8) is 0 Å². The number of nitrogens with two attached hydrogens (primary N) is 1. The molecule has 0 saturated carbocycles. The Morgan fingerprint density at radius 2 is 2.10 bits per heavy atom. The van der Waals surface area contributed by atoms with E-state index in [2.05, 4.69) is 16.3 Å². The highest BCUT2D eigenvalue weighted by Gasteiger charge is 2.07. The molecule has 0 spiro atoms. The van der Waals surface area contributed by atoms with Crippen LogP contribution >= 0.6 is 0 Å². The van der Waals surface area contributed by atoms with E-state index in [0.29, 0.717) is 6.54 Å². The Balaban J connectivity index is 1.86. The third-order valence-corrected chi connectivity index (χ3v) is 3.24. The number of hydrogen-bond acceptors (Lipinski definition) is 3. The maximum absolute atomic E-state index is 11.3. The molecule has 2 aromatic rings. The quantitative estimate of drug-likeness (QED) is 0.835. The zero-order chi connectivity index (χ0) is 14.4. The molecular weight excluding hydrogens is 252 g/mol. The molecule has 0 saturated heterocycles. The molecule has 0 atom stereocenters. The van der Waals surface area contributed by atoms with Crippen molar-refractivity contribution in [2.75, 3.05) is 20.1 Å². The highest BCUT2D eigenvalue weighted by molar-refractivity contribution is 5.77. The molecule has 0 aliphatic heterocycles. The summed E-state index contributed by atoms with van der Waals surface area (Å²) in [5.41, 5.74) is 8.45. The zero-order valence-corrected chi connectivity index (χ0v) is 11.7. The molecule has 5 heteroatoms. The summed E-state index contributed by atoms with van der Waals surface area (Å²) < 4.78 is 0. The number of carbonyl (C=O) groups is 1. The highest BCUT2D eigenvalue weighted by atomic mass is 16.2. The van der Waals surface area contributed by atoms with Crippen molar-refractivity contribution >= 4 is 5.91 Å². The number of aromatic nitrogens is 2. The van der Waals surface area contributed by atoms with Crippen LogP contribution < -0.4 is 5.73 Å². The first-order chi connectivity index (χ1) is 9.70. The maximum Gasteiger partial charge on any atom is 0.236 e. The lowest BCUT2D eigenvalue weighted by Gasteiger charge is -2.15. The van der Waals surface area contributed by atoms with Crippen molar-refractivity contribution in [3.8, 4) is 11.3 Å². The van der Waals surface area contributed by atoms with Gasteiger partial charge in [0.05, 0.1) is 12.2 Å². The number of nitrogens with one attached hydrogen (secondary N) is 1. The molecule has 1 aromatic carbocycles. The fraction of sp³-hybridized carbons (Fsp3) is 0.333. The summed E-state index contributed by atoms with van der Waals surface area (Å²) in [5, 5.41) is 7.35. The average molecular weight is 272 g/mol. The maximum atomic E-state index is 11.3. The van der Waals surface area contributed by atoms with E-state index in [0.717, 1.165) is 29.8 Å². The molecule has 0 unspecified atom stereocenters. The van der Waals surface area contributed by atoms with Crippen molar-refractivity contribution in [1.82, 2.24) is 15.1 Å². The fourth-order valence-corrected chi connectivity index (χ4v) is 2.03. The van der Waals surface area contributed by atoms with Gasteiger partial charge in [-0.05, 0) is 18.9 Å². The molecule has 5 nitrogen and oxygen atoms in total. The van der Waals surface area contributed by atoms with Gasteiger partial charge in [0.15, 0.2) is 0 Å². The van der Waals surface area contributed by atoms with Crippen LogP contribution in [-0.4, -0.2) is 41.1 Å². The van der Waals surface area contributed by atoms with Crippen molar-refractivity contribution in [2.24, 2.45) is 5.73 Å². The second-order valence-electron chi connectivity index (χ2n) is 4.77. The van der Waals surface area contributed by atoms with E-state index in [1.54, 1.807) is 11.9 Å². The summed E-state index contributed by atoms with van der Waals surface area (Å²) in [6.07, 6.45) is 1.75. The van der Waals surface area contributed by atoms with E-state index in [4.69, 9.17) is 5.73 Å². The SMILES string of the molecule is CN(CCCc1cc(-c2ccccc2)n[nH]1)C(=O)CN. The van der Waals surface area contributed by atoms with Gasteiger partial charge in [-0.1, -0.05) is 30.3 Å². The number of rotatable bonds is 6. The van der Waals surface area contributed by atoms with Gasteiger partial charge in [0.1, 0.15) is 0 Å². The lowest BCUT2D eigenvalue weighted by atomic mass is 10.1. The number of carbonyl (C=O) groups excluding carboxylic acids is 1. The molecule has 1 aromatic heterocycles. The lowest BCUT2D eigenvalue weighted by molar-refractivity contribution is -0.128. The minimum absolute atomic E-state index is 0.0282. The second kappa shape index (κ2) is 6.86. The van der Waals surface area contributed by atoms with Gasteiger partial charge in [-0.15, -0.1) is 0 Å². The summed E-state index contributed by atoms with van der Waals surface area (Å²) in [6, 6.07) is 12.1. The largest absolute Gasteiger partial charge is 0.345 e. The number of amides is 1. The van der Waals surface area contributed by atoms with Crippen LogP contribution in [0.4, 0.5) is 0 Å². The summed E-state index contributed by atoms with van der Waals surface area (Å²) >= 11 is 0. The van der Waals surface area contributed by atoms with Crippen LogP contribution in [0.2, 0.25) is 0 Å². The van der Waals surface area contributed by atoms with Crippen molar-refractivity contribution in [1.29, 1.82) is 0 Å². The minimum atomic E-state index is -0.0282. The van der Waals surface area contributed by atoms with Crippen LogP contribution in [-0.2, 0) is 11.2 Å². The molecule has 1 heterocycles. The molecule has 0 fully saturated rings. The Labute approximate surface area is 118 Å².